The molecular formula is C15H19IN2O. The van der Waals surface area contributed by atoms with Gasteiger partial charge in [0.2, 0.25) is 0 Å². The number of benzene rings is 1. The highest BCUT2D eigenvalue weighted by Gasteiger charge is 2.18. The molecule has 0 saturated heterocycles. The lowest BCUT2D eigenvalue weighted by molar-refractivity contribution is 0.389. The van der Waals surface area contributed by atoms with Crippen LogP contribution in [0.2, 0.25) is 0 Å². The molecule has 1 N–H and O–H groups in total. The van der Waals surface area contributed by atoms with Gasteiger partial charge in [0.15, 0.2) is 0 Å². The molecule has 0 aliphatic rings. The Morgan fingerprint density at radius 3 is 2.26 bits per heavy atom. The number of rotatable bonds is 4. The summed E-state index contributed by atoms with van der Waals surface area (Å²) in [7, 11) is 0. The number of nitrogens with zero attached hydrogens (tertiary/aromatic N) is 1. The number of halogens is 1. The number of hydrogen-bond donors (Lipinski definition) is 1. The number of hydrogen-bond acceptors (Lipinski definition) is 3. The van der Waals surface area contributed by atoms with Gasteiger partial charge in [-0.15, -0.1) is 0 Å². The summed E-state index contributed by atoms with van der Waals surface area (Å²) in [6.45, 7) is 8.27. The van der Waals surface area contributed by atoms with Crippen molar-refractivity contribution in [3.05, 3.63) is 50.4 Å². The van der Waals surface area contributed by atoms with Crippen molar-refractivity contribution in [3.8, 4) is 0 Å². The lowest BCUT2D eigenvalue weighted by atomic mass is 10.0. The van der Waals surface area contributed by atoms with Gasteiger partial charge in [0.05, 0.1) is 5.69 Å². The van der Waals surface area contributed by atoms with Crippen molar-refractivity contribution in [1.82, 2.24) is 10.5 Å². The molecule has 1 aromatic carbocycles. The molecule has 4 heteroatoms. The van der Waals surface area contributed by atoms with Crippen molar-refractivity contribution >= 4 is 22.6 Å². The van der Waals surface area contributed by atoms with E-state index in [2.05, 4.69) is 71.2 Å². The summed E-state index contributed by atoms with van der Waals surface area (Å²) in [5.74, 6) is 0.896. The maximum Gasteiger partial charge on any atom is 0.138 e. The second-order valence-corrected chi connectivity index (χ2v) is 6.15. The Labute approximate surface area is 127 Å². The van der Waals surface area contributed by atoms with Crippen LogP contribution >= 0.6 is 22.6 Å². The molecule has 1 aromatic heterocycles. The molecule has 0 amide bonds. The van der Waals surface area contributed by atoms with Crippen LogP contribution in [0.15, 0.2) is 28.8 Å². The van der Waals surface area contributed by atoms with Crippen LogP contribution in [0.4, 0.5) is 0 Å². The zero-order valence-corrected chi connectivity index (χ0v) is 13.9. The highest BCUT2D eigenvalue weighted by molar-refractivity contribution is 14.1. The molecule has 0 saturated carbocycles. The van der Waals surface area contributed by atoms with E-state index in [0.29, 0.717) is 6.04 Å². The van der Waals surface area contributed by atoms with Crippen LogP contribution in [-0.4, -0.2) is 5.16 Å². The van der Waals surface area contributed by atoms with Gasteiger partial charge < -0.3 is 9.84 Å². The van der Waals surface area contributed by atoms with Crippen LogP contribution in [0.5, 0.6) is 0 Å². The van der Waals surface area contributed by atoms with E-state index < -0.39 is 0 Å². The van der Waals surface area contributed by atoms with Crippen molar-refractivity contribution in [2.24, 2.45) is 0 Å². The number of nitrogens with one attached hydrogen (secondary N) is 1. The highest BCUT2D eigenvalue weighted by atomic mass is 127. The fourth-order valence-electron chi connectivity index (χ4n) is 2.41. The van der Waals surface area contributed by atoms with E-state index in [9.17, 15) is 0 Å². The maximum absolute atomic E-state index is 5.23. The predicted octanol–water partition coefficient (Wildman–Crippen LogP) is 4.31. The summed E-state index contributed by atoms with van der Waals surface area (Å²) in [6.07, 6.45) is 0. The summed E-state index contributed by atoms with van der Waals surface area (Å²) < 4.78 is 6.49. The normalized spacial score (nSPS) is 14.4. The topological polar surface area (TPSA) is 38.1 Å². The Balaban J connectivity index is 2.10. The molecule has 3 nitrogen and oxygen atoms in total. The first-order valence-electron chi connectivity index (χ1n) is 6.43. The minimum atomic E-state index is 0.223. The van der Waals surface area contributed by atoms with E-state index in [-0.39, 0.29) is 6.04 Å². The van der Waals surface area contributed by atoms with Gasteiger partial charge in [0, 0.05) is 21.2 Å². The Morgan fingerprint density at radius 1 is 1.11 bits per heavy atom. The molecule has 2 rings (SSSR count). The van der Waals surface area contributed by atoms with Gasteiger partial charge in [0.25, 0.3) is 0 Å². The summed E-state index contributed by atoms with van der Waals surface area (Å²) in [4.78, 5) is 0. The van der Waals surface area contributed by atoms with Crippen LogP contribution in [0.1, 0.15) is 48.5 Å². The molecule has 0 aliphatic heterocycles. The Morgan fingerprint density at radius 2 is 1.74 bits per heavy atom. The largest absolute Gasteiger partial charge is 0.361 e. The van der Waals surface area contributed by atoms with Crippen molar-refractivity contribution in [3.63, 3.8) is 0 Å². The Hall–Kier alpha value is -0.880. The first kappa shape index (κ1) is 14.5. The van der Waals surface area contributed by atoms with Crippen molar-refractivity contribution in [2.75, 3.05) is 0 Å². The predicted molar refractivity (Wildman–Crippen MR) is 85.1 cm³/mol. The summed E-state index contributed by atoms with van der Waals surface area (Å²) >= 11 is 2.32. The second-order valence-electron chi connectivity index (χ2n) is 4.90. The van der Waals surface area contributed by atoms with Gasteiger partial charge >= 0.3 is 0 Å². The summed E-state index contributed by atoms with van der Waals surface area (Å²) in [5.41, 5.74) is 3.42. The van der Waals surface area contributed by atoms with Gasteiger partial charge in [0.1, 0.15) is 5.76 Å². The molecular weight excluding hydrogens is 351 g/mol. The third kappa shape index (κ3) is 3.36. The van der Waals surface area contributed by atoms with E-state index in [0.717, 1.165) is 17.0 Å². The van der Waals surface area contributed by atoms with Gasteiger partial charge in [-0.1, -0.05) is 17.3 Å². The van der Waals surface area contributed by atoms with Gasteiger partial charge in [-0.2, -0.15) is 0 Å². The first-order valence-corrected chi connectivity index (χ1v) is 7.51. The average molecular weight is 370 g/mol. The molecule has 0 aliphatic carbocycles. The van der Waals surface area contributed by atoms with Gasteiger partial charge in [-0.25, -0.2) is 0 Å². The van der Waals surface area contributed by atoms with Crippen molar-refractivity contribution < 1.29 is 4.52 Å². The Kier molecular flexibility index (Phi) is 4.62. The fourth-order valence-corrected chi connectivity index (χ4v) is 2.77. The SMILES string of the molecule is Cc1noc(C)c1C(C)NC(C)c1ccc(I)cc1. The van der Waals surface area contributed by atoms with Gasteiger partial charge in [-0.05, 0) is 68.0 Å². The fraction of sp³-hybridized carbons (Fsp3) is 0.400. The molecule has 19 heavy (non-hydrogen) atoms. The lowest BCUT2D eigenvalue weighted by Gasteiger charge is -2.20. The monoisotopic (exact) mass is 370 g/mol. The van der Waals surface area contributed by atoms with Crippen molar-refractivity contribution in [2.45, 2.75) is 39.8 Å². The molecule has 102 valence electrons. The quantitative estimate of drug-likeness (QED) is 0.816. The van der Waals surface area contributed by atoms with Gasteiger partial charge in [-0.3, -0.25) is 0 Å². The molecule has 0 fully saturated rings. The van der Waals surface area contributed by atoms with E-state index in [1.807, 2.05) is 13.8 Å². The Bertz CT molecular complexity index is 528. The zero-order chi connectivity index (χ0) is 14.0. The molecule has 0 radical (unpaired) electrons. The van der Waals surface area contributed by atoms with Crippen molar-refractivity contribution in [1.29, 1.82) is 0 Å². The third-order valence-corrected chi connectivity index (χ3v) is 4.11. The lowest BCUT2D eigenvalue weighted by Crippen LogP contribution is -2.23. The standard InChI is InChI=1S/C15H19IN2O/c1-9(13-5-7-14(16)8-6-13)17-10(2)15-11(3)18-19-12(15)4/h5-10,17H,1-4H3. The van der Waals surface area contributed by atoms with Crippen LogP contribution in [0, 0.1) is 17.4 Å². The molecule has 1 heterocycles. The van der Waals surface area contributed by atoms with E-state index >= 15 is 0 Å². The van der Waals surface area contributed by atoms with Crippen LogP contribution in [0.25, 0.3) is 0 Å². The molecule has 2 aromatic rings. The minimum absolute atomic E-state index is 0.223. The van der Waals surface area contributed by atoms with Crippen LogP contribution < -0.4 is 5.32 Å². The smallest absolute Gasteiger partial charge is 0.138 e. The minimum Gasteiger partial charge on any atom is -0.361 e. The van der Waals surface area contributed by atoms with E-state index in [1.54, 1.807) is 0 Å². The number of aryl methyl sites for hydroxylation is 2. The molecule has 2 atom stereocenters. The molecule has 0 bridgehead atoms. The number of aromatic nitrogens is 1. The summed E-state index contributed by atoms with van der Waals surface area (Å²) in [5, 5.41) is 7.61. The molecule has 0 spiro atoms. The summed E-state index contributed by atoms with van der Waals surface area (Å²) in [6, 6.07) is 9.11. The van der Waals surface area contributed by atoms with E-state index in [1.165, 1.54) is 9.13 Å². The van der Waals surface area contributed by atoms with Crippen LogP contribution in [0.3, 0.4) is 0 Å². The molecule has 2 unspecified atom stereocenters. The highest BCUT2D eigenvalue weighted by Crippen LogP contribution is 2.24. The first-order chi connectivity index (χ1) is 8.99. The average Bonchev–Trinajstić information content (AvgIpc) is 2.69. The van der Waals surface area contributed by atoms with E-state index in [4.69, 9.17) is 4.52 Å². The zero-order valence-electron chi connectivity index (χ0n) is 11.7. The maximum atomic E-state index is 5.23. The van der Waals surface area contributed by atoms with Crippen LogP contribution in [-0.2, 0) is 0 Å². The second kappa shape index (κ2) is 6.05. The third-order valence-electron chi connectivity index (χ3n) is 3.39.